The molecule has 1 N–H and O–H groups in total. The molecule has 25 heavy (non-hydrogen) atoms. The fourth-order valence-electron chi connectivity index (χ4n) is 3.25. The lowest BCUT2D eigenvalue weighted by molar-refractivity contribution is 0.0154. The molecule has 1 aliphatic heterocycles. The molecule has 1 fully saturated rings. The van der Waals surface area contributed by atoms with E-state index in [1.54, 1.807) is 6.20 Å². The summed E-state index contributed by atoms with van der Waals surface area (Å²) in [7, 11) is 1.98. The summed E-state index contributed by atoms with van der Waals surface area (Å²) in [4.78, 5) is 19.5. The Bertz CT molecular complexity index is 721. The van der Waals surface area contributed by atoms with Gasteiger partial charge in [-0.1, -0.05) is 6.07 Å². The lowest BCUT2D eigenvalue weighted by Gasteiger charge is -2.34. The van der Waals surface area contributed by atoms with Gasteiger partial charge in [0.1, 0.15) is 0 Å². The summed E-state index contributed by atoms with van der Waals surface area (Å²) in [6, 6.07) is 7.91. The Hall–Kier alpha value is -2.18. The molecule has 6 heteroatoms. The number of nitrogens with one attached hydrogen (secondary N) is 1. The fraction of sp³-hybridized carbons (Fsp3) is 0.474. The van der Waals surface area contributed by atoms with Gasteiger partial charge in [0.05, 0.1) is 30.5 Å². The van der Waals surface area contributed by atoms with Gasteiger partial charge in [0.15, 0.2) is 0 Å². The lowest BCUT2D eigenvalue weighted by Crippen LogP contribution is -2.44. The molecule has 0 bridgehead atoms. The van der Waals surface area contributed by atoms with Gasteiger partial charge in [0.25, 0.3) is 5.91 Å². The van der Waals surface area contributed by atoms with Crippen molar-refractivity contribution in [1.29, 1.82) is 0 Å². The van der Waals surface area contributed by atoms with Crippen molar-refractivity contribution < 1.29 is 9.53 Å². The molecular formula is C19H26N4O2. The molecule has 3 heterocycles. The minimum absolute atomic E-state index is 0.0320. The highest BCUT2D eigenvalue weighted by molar-refractivity contribution is 5.95. The largest absolute Gasteiger partial charge is 0.379 e. The molecular weight excluding hydrogens is 316 g/mol. The second kappa shape index (κ2) is 7.80. The lowest BCUT2D eigenvalue weighted by atomic mass is 10.1. The molecule has 0 saturated carbocycles. The van der Waals surface area contributed by atoms with Crippen LogP contribution in [0.1, 0.15) is 33.5 Å². The van der Waals surface area contributed by atoms with Crippen LogP contribution in [0.15, 0.2) is 30.5 Å². The van der Waals surface area contributed by atoms with E-state index in [9.17, 15) is 4.79 Å². The number of morpholine rings is 1. The normalized spacial score (nSPS) is 16.6. The molecule has 0 aromatic carbocycles. The molecule has 6 nitrogen and oxygen atoms in total. The van der Waals surface area contributed by atoms with E-state index in [0.29, 0.717) is 19.8 Å². The third kappa shape index (κ3) is 3.91. The number of amides is 1. The molecule has 0 spiro atoms. The number of carbonyl (C=O) groups excluding carboxylic acids is 1. The monoisotopic (exact) mass is 342 g/mol. The molecule has 1 atom stereocenters. The Morgan fingerprint density at radius 2 is 2.08 bits per heavy atom. The van der Waals surface area contributed by atoms with Crippen LogP contribution < -0.4 is 5.32 Å². The SMILES string of the molecule is Cc1cc(C(=O)NC[C@H](c2ccccn2)N2CCOCC2)c(C)n1C. The van der Waals surface area contributed by atoms with Crippen LogP contribution in [0.2, 0.25) is 0 Å². The number of nitrogens with zero attached hydrogens (tertiary/aromatic N) is 3. The van der Waals surface area contributed by atoms with Crippen LogP contribution in [-0.4, -0.2) is 53.2 Å². The number of ether oxygens (including phenoxy) is 1. The highest BCUT2D eigenvalue weighted by atomic mass is 16.5. The Morgan fingerprint density at radius 3 is 2.68 bits per heavy atom. The summed E-state index contributed by atoms with van der Waals surface area (Å²) < 4.78 is 7.49. The number of aryl methyl sites for hydroxylation is 1. The Balaban J connectivity index is 1.74. The van der Waals surface area contributed by atoms with E-state index < -0.39 is 0 Å². The van der Waals surface area contributed by atoms with Crippen LogP contribution in [0.3, 0.4) is 0 Å². The maximum atomic E-state index is 12.7. The second-order valence-electron chi connectivity index (χ2n) is 6.47. The summed E-state index contributed by atoms with van der Waals surface area (Å²) >= 11 is 0. The molecule has 3 rings (SSSR count). The average Bonchev–Trinajstić information content (AvgIpc) is 2.91. The van der Waals surface area contributed by atoms with Crippen molar-refractivity contribution in [1.82, 2.24) is 19.8 Å². The van der Waals surface area contributed by atoms with Gasteiger partial charge in [-0.25, -0.2) is 0 Å². The van der Waals surface area contributed by atoms with Gasteiger partial charge in [-0.3, -0.25) is 14.7 Å². The third-order valence-electron chi connectivity index (χ3n) is 4.99. The zero-order valence-electron chi connectivity index (χ0n) is 15.2. The van der Waals surface area contributed by atoms with Gasteiger partial charge in [-0.05, 0) is 32.0 Å². The van der Waals surface area contributed by atoms with E-state index in [1.165, 1.54) is 0 Å². The van der Waals surface area contributed by atoms with Crippen LogP contribution in [-0.2, 0) is 11.8 Å². The number of pyridine rings is 1. The quantitative estimate of drug-likeness (QED) is 0.901. The van der Waals surface area contributed by atoms with Crippen LogP contribution in [0, 0.1) is 13.8 Å². The first-order chi connectivity index (χ1) is 12.1. The fourth-order valence-corrected chi connectivity index (χ4v) is 3.25. The van der Waals surface area contributed by atoms with Crippen LogP contribution in [0.25, 0.3) is 0 Å². The molecule has 0 aliphatic carbocycles. The van der Waals surface area contributed by atoms with Crippen molar-refractivity contribution in [2.24, 2.45) is 7.05 Å². The Morgan fingerprint density at radius 1 is 1.32 bits per heavy atom. The highest BCUT2D eigenvalue weighted by Crippen LogP contribution is 2.20. The first kappa shape index (κ1) is 17.6. The predicted octanol–water partition coefficient (Wildman–Crippen LogP) is 1.84. The van der Waals surface area contributed by atoms with E-state index in [0.717, 1.165) is 35.7 Å². The predicted molar refractivity (Wildman–Crippen MR) is 96.6 cm³/mol. The van der Waals surface area contributed by atoms with Gasteiger partial charge < -0.3 is 14.6 Å². The maximum Gasteiger partial charge on any atom is 0.253 e. The molecule has 2 aromatic rings. The van der Waals surface area contributed by atoms with E-state index in [1.807, 2.05) is 49.7 Å². The summed E-state index contributed by atoms with van der Waals surface area (Å²) in [6.45, 7) is 7.64. The Kier molecular flexibility index (Phi) is 5.50. The molecule has 1 aliphatic rings. The van der Waals surface area contributed by atoms with Crippen molar-refractivity contribution in [3.63, 3.8) is 0 Å². The topological polar surface area (TPSA) is 59.4 Å². The van der Waals surface area contributed by atoms with Crippen molar-refractivity contribution >= 4 is 5.91 Å². The maximum absolute atomic E-state index is 12.7. The number of aromatic nitrogens is 2. The average molecular weight is 342 g/mol. The summed E-state index contributed by atoms with van der Waals surface area (Å²) in [6.07, 6.45) is 1.80. The zero-order chi connectivity index (χ0) is 17.8. The number of rotatable bonds is 5. The van der Waals surface area contributed by atoms with Gasteiger partial charge in [-0.15, -0.1) is 0 Å². The van der Waals surface area contributed by atoms with E-state index in [-0.39, 0.29) is 11.9 Å². The molecule has 1 amide bonds. The van der Waals surface area contributed by atoms with Crippen LogP contribution in [0.4, 0.5) is 0 Å². The van der Waals surface area contributed by atoms with E-state index in [2.05, 4.69) is 15.2 Å². The minimum Gasteiger partial charge on any atom is -0.379 e. The summed E-state index contributed by atoms with van der Waals surface area (Å²) in [5.74, 6) is -0.0320. The van der Waals surface area contributed by atoms with Crippen LogP contribution in [0.5, 0.6) is 0 Å². The highest BCUT2D eigenvalue weighted by Gasteiger charge is 2.25. The van der Waals surface area contributed by atoms with Crippen molar-refractivity contribution in [2.45, 2.75) is 19.9 Å². The number of hydrogen-bond donors (Lipinski definition) is 1. The number of hydrogen-bond acceptors (Lipinski definition) is 4. The standard InChI is InChI=1S/C19H26N4O2/c1-14-12-16(15(2)22(14)3)19(24)21-13-18(17-6-4-5-7-20-17)23-8-10-25-11-9-23/h4-7,12,18H,8-11,13H2,1-3H3,(H,21,24)/t18-/m1/s1. The van der Waals surface area contributed by atoms with E-state index >= 15 is 0 Å². The second-order valence-corrected chi connectivity index (χ2v) is 6.47. The number of carbonyl (C=O) groups is 1. The van der Waals surface area contributed by atoms with Crippen molar-refractivity contribution in [2.75, 3.05) is 32.8 Å². The molecule has 2 aromatic heterocycles. The molecule has 0 unspecified atom stereocenters. The van der Waals surface area contributed by atoms with E-state index in [4.69, 9.17) is 4.74 Å². The zero-order valence-corrected chi connectivity index (χ0v) is 15.2. The molecule has 1 saturated heterocycles. The summed E-state index contributed by atoms with van der Waals surface area (Å²) in [5, 5.41) is 3.10. The summed E-state index contributed by atoms with van der Waals surface area (Å²) in [5.41, 5.74) is 3.78. The molecule has 0 radical (unpaired) electrons. The van der Waals surface area contributed by atoms with Crippen LogP contribution >= 0.6 is 0 Å². The van der Waals surface area contributed by atoms with Gasteiger partial charge in [0, 0.05) is 44.3 Å². The first-order valence-electron chi connectivity index (χ1n) is 8.71. The van der Waals surface area contributed by atoms with Gasteiger partial charge >= 0.3 is 0 Å². The first-order valence-corrected chi connectivity index (χ1v) is 8.71. The van der Waals surface area contributed by atoms with Gasteiger partial charge in [0.2, 0.25) is 0 Å². The smallest absolute Gasteiger partial charge is 0.253 e. The Labute approximate surface area is 148 Å². The third-order valence-corrected chi connectivity index (χ3v) is 4.99. The molecule has 134 valence electrons. The van der Waals surface area contributed by atoms with Crippen molar-refractivity contribution in [3.05, 3.63) is 53.1 Å². The van der Waals surface area contributed by atoms with Crippen molar-refractivity contribution in [3.8, 4) is 0 Å². The van der Waals surface area contributed by atoms with Gasteiger partial charge in [-0.2, -0.15) is 0 Å². The minimum atomic E-state index is -0.0320.